The van der Waals surface area contributed by atoms with E-state index >= 15 is 8.78 Å². The van der Waals surface area contributed by atoms with Gasteiger partial charge in [0, 0.05) is 59.6 Å². The van der Waals surface area contributed by atoms with Crippen molar-refractivity contribution in [3.8, 4) is 0 Å². The van der Waals surface area contributed by atoms with Gasteiger partial charge in [-0.1, -0.05) is 18.2 Å². The number of fused-ring (bicyclic) bond motifs is 3. The molecule has 5 atom stereocenters. The van der Waals surface area contributed by atoms with Crippen LogP contribution in [0.5, 0.6) is 0 Å². The number of aromatic nitrogens is 1. The van der Waals surface area contributed by atoms with Gasteiger partial charge in [0.15, 0.2) is 0 Å². The molecule has 2 N–H and O–H groups in total. The Morgan fingerprint density at radius 2 is 2.00 bits per heavy atom. The van der Waals surface area contributed by atoms with Crippen molar-refractivity contribution in [1.82, 2.24) is 20.1 Å². The van der Waals surface area contributed by atoms with Crippen molar-refractivity contribution < 1.29 is 13.2 Å². The number of benzene rings is 1. The van der Waals surface area contributed by atoms with E-state index in [1.165, 1.54) is 17.0 Å². The zero-order chi connectivity index (χ0) is 25.3. The highest BCUT2D eigenvalue weighted by Crippen LogP contribution is 2.65. The van der Waals surface area contributed by atoms with Crippen LogP contribution in [0.3, 0.4) is 0 Å². The number of alkyl halides is 2. The summed E-state index contributed by atoms with van der Waals surface area (Å²) < 4.78 is 44.8. The van der Waals surface area contributed by atoms with Crippen LogP contribution in [0.15, 0.2) is 47.9 Å². The number of nitrogens with one attached hydrogen (secondary N) is 2. The van der Waals surface area contributed by atoms with E-state index in [1.807, 2.05) is 12.1 Å². The second kappa shape index (κ2) is 8.91. The Kier molecular flexibility index (Phi) is 5.74. The molecule has 2 unspecified atom stereocenters. The minimum Gasteiger partial charge on any atom is -0.381 e. The van der Waals surface area contributed by atoms with Gasteiger partial charge in [0.2, 0.25) is 0 Å². The van der Waals surface area contributed by atoms with Crippen LogP contribution in [0.1, 0.15) is 56.3 Å². The van der Waals surface area contributed by atoms with Gasteiger partial charge in [0.05, 0.1) is 18.6 Å². The van der Waals surface area contributed by atoms with Gasteiger partial charge >= 0.3 is 0 Å². The molecule has 198 valence electrons. The Bertz CT molecular complexity index is 1230. The fraction of sp³-hybridized carbons (Fsp3) is 0.600. The number of allylic oxidation sites excluding steroid dienone is 2. The third-order valence-electron chi connectivity index (χ3n) is 9.86. The van der Waals surface area contributed by atoms with Crippen LogP contribution in [-0.2, 0) is 6.42 Å². The van der Waals surface area contributed by atoms with Crippen molar-refractivity contribution in [2.24, 2.45) is 11.8 Å². The topological polar surface area (TPSA) is 34.3 Å². The number of likely N-dealkylation sites (tertiary alicyclic amines) is 1. The van der Waals surface area contributed by atoms with Crippen LogP contribution >= 0.6 is 0 Å². The van der Waals surface area contributed by atoms with Crippen molar-refractivity contribution in [2.45, 2.75) is 75.3 Å². The van der Waals surface area contributed by atoms with E-state index < -0.39 is 12.1 Å². The first-order chi connectivity index (χ1) is 18.0. The molecular formula is C30H37F3N4. The van der Waals surface area contributed by atoms with Gasteiger partial charge in [-0.05, 0) is 75.1 Å². The molecule has 6 aliphatic rings. The van der Waals surface area contributed by atoms with Crippen LogP contribution in [0, 0.1) is 11.8 Å². The Morgan fingerprint density at radius 1 is 1.19 bits per heavy atom. The summed E-state index contributed by atoms with van der Waals surface area (Å²) in [5.74, 6) is -0.444. The molecule has 3 heterocycles. The third kappa shape index (κ3) is 3.79. The Hall–Kier alpha value is -2.25. The molecule has 2 aromatic rings. The minimum atomic E-state index is -1.42. The Morgan fingerprint density at radius 3 is 2.73 bits per heavy atom. The molecular weight excluding hydrogens is 473 g/mol. The molecule has 7 heteroatoms. The van der Waals surface area contributed by atoms with E-state index in [1.54, 1.807) is 6.08 Å². The average molecular weight is 511 g/mol. The highest BCUT2D eigenvalue weighted by molar-refractivity contribution is 5.85. The number of para-hydroxylation sites is 1. The zero-order valence-electron chi connectivity index (χ0n) is 21.5. The smallest absolute Gasteiger partial charge is 0.131 e. The van der Waals surface area contributed by atoms with Crippen LogP contribution in [0.2, 0.25) is 0 Å². The van der Waals surface area contributed by atoms with E-state index in [0.29, 0.717) is 12.1 Å². The zero-order valence-corrected chi connectivity index (χ0v) is 21.5. The maximum atomic E-state index is 16.1. The molecule has 2 bridgehead atoms. The van der Waals surface area contributed by atoms with E-state index in [0.717, 1.165) is 68.9 Å². The molecule has 4 nitrogen and oxygen atoms in total. The number of halogens is 3. The van der Waals surface area contributed by atoms with Crippen molar-refractivity contribution in [3.05, 3.63) is 59.2 Å². The SMILES string of the molecule is C[C@@H]1Cc2c([nH]c3ccccc23)[C@@H](C2C(F)=CC(N[C@H]3CCN(CCCF)C3)=CC2F)N1C12CC(C1)C2. The molecule has 0 spiro atoms. The van der Waals surface area contributed by atoms with Crippen LogP contribution in [0.25, 0.3) is 10.9 Å². The summed E-state index contributed by atoms with van der Waals surface area (Å²) in [6, 6.07) is 8.28. The molecule has 0 amide bonds. The van der Waals surface area contributed by atoms with E-state index in [9.17, 15) is 4.39 Å². The number of hydrogen-bond acceptors (Lipinski definition) is 3. The second-order valence-electron chi connectivity index (χ2n) is 12.3. The predicted octanol–water partition coefficient (Wildman–Crippen LogP) is 5.74. The molecule has 4 aliphatic carbocycles. The van der Waals surface area contributed by atoms with E-state index in [-0.39, 0.29) is 36.2 Å². The first-order valence-electron chi connectivity index (χ1n) is 14.1. The predicted molar refractivity (Wildman–Crippen MR) is 140 cm³/mol. The molecule has 1 aromatic carbocycles. The highest BCUT2D eigenvalue weighted by atomic mass is 19.1. The average Bonchev–Trinajstić information content (AvgIpc) is 3.41. The monoisotopic (exact) mass is 510 g/mol. The van der Waals surface area contributed by atoms with Gasteiger partial charge in [-0.25, -0.2) is 8.78 Å². The van der Waals surface area contributed by atoms with E-state index in [4.69, 9.17) is 0 Å². The lowest BCUT2D eigenvalue weighted by Gasteiger charge is -2.70. The van der Waals surface area contributed by atoms with Crippen molar-refractivity contribution in [1.29, 1.82) is 0 Å². The van der Waals surface area contributed by atoms with Crippen molar-refractivity contribution >= 4 is 10.9 Å². The molecule has 4 fully saturated rings. The maximum Gasteiger partial charge on any atom is 0.131 e. The van der Waals surface area contributed by atoms with Gasteiger partial charge in [0.1, 0.15) is 12.0 Å². The second-order valence-corrected chi connectivity index (χ2v) is 12.3. The van der Waals surface area contributed by atoms with Crippen LogP contribution < -0.4 is 5.32 Å². The summed E-state index contributed by atoms with van der Waals surface area (Å²) in [6.07, 6.45) is 7.51. The first-order valence-corrected chi connectivity index (χ1v) is 14.1. The van der Waals surface area contributed by atoms with E-state index in [2.05, 4.69) is 39.2 Å². The summed E-state index contributed by atoms with van der Waals surface area (Å²) in [4.78, 5) is 8.34. The Balaban J connectivity index is 1.19. The minimum absolute atomic E-state index is 0.0961. The van der Waals surface area contributed by atoms with Gasteiger partial charge in [0.25, 0.3) is 0 Å². The number of H-pyrrole nitrogens is 1. The first kappa shape index (κ1) is 23.8. The largest absolute Gasteiger partial charge is 0.381 e. The molecule has 2 aliphatic heterocycles. The van der Waals surface area contributed by atoms with Gasteiger partial charge < -0.3 is 15.2 Å². The summed E-state index contributed by atoms with van der Waals surface area (Å²) in [7, 11) is 0. The van der Waals surface area contributed by atoms with Gasteiger partial charge in [-0.2, -0.15) is 0 Å². The fourth-order valence-corrected chi connectivity index (χ4v) is 8.17. The van der Waals surface area contributed by atoms with Crippen molar-refractivity contribution in [3.63, 3.8) is 0 Å². The highest BCUT2D eigenvalue weighted by Gasteiger charge is 2.64. The number of aromatic amines is 1. The summed E-state index contributed by atoms with van der Waals surface area (Å²) in [5.41, 5.74) is 3.92. The van der Waals surface area contributed by atoms with Gasteiger partial charge in [-0.15, -0.1) is 0 Å². The standard InChI is InChI=1S/C30H37F3N4/c1-18-11-23-22-5-2-3-6-26(22)35-28(23)29(37(18)30-14-19(15-30)16-30)27-24(32)12-21(13-25(27)33)34-20-7-10-36(17-20)9-4-8-31/h2-3,5-6,12-13,18-20,24,27,29,34-35H,4,7-11,14-17H2,1H3/t18-,19?,20+,24?,27?,29-,30?/m1/s1. The molecule has 1 saturated heterocycles. The third-order valence-corrected chi connectivity index (χ3v) is 9.86. The maximum absolute atomic E-state index is 16.1. The quantitative estimate of drug-likeness (QED) is 0.499. The molecule has 8 rings (SSSR count). The lowest BCUT2D eigenvalue weighted by Crippen LogP contribution is -2.72. The molecule has 3 saturated carbocycles. The summed E-state index contributed by atoms with van der Waals surface area (Å²) in [6.45, 7) is 4.34. The molecule has 37 heavy (non-hydrogen) atoms. The summed E-state index contributed by atoms with van der Waals surface area (Å²) in [5, 5.41) is 4.56. The van der Waals surface area contributed by atoms with Crippen molar-refractivity contribution in [2.75, 3.05) is 26.3 Å². The molecule has 0 radical (unpaired) electrons. The van der Waals surface area contributed by atoms with Crippen LogP contribution in [0.4, 0.5) is 13.2 Å². The lowest BCUT2D eigenvalue weighted by atomic mass is 9.48. The normalized spacial score (nSPS) is 37.5. The lowest BCUT2D eigenvalue weighted by molar-refractivity contribution is -0.189. The number of hydrogen-bond donors (Lipinski definition) is 2. The van der Waals surface area contributed by atoms with Crippen LogP contribution in [-0.4, -0.2) is 64.9 Å². The Labute approximate surface area is 217 Å². The number of nitrogens with zero attached hydrogens (tertiary/aromatic N) is 2. The summed E-state index contributed by atoms with van der Waals surface area (Å²) >= 11 is 0. The fourth-order valence-electron chi connectivity index (χ4n) is 8.17. The van der Waals surface area contributed by atoms with Gasteiger partial charge in [-0.3, -0.25) is 9.29 Å². The molecule has 1 aromatic heterocycles. The number of rotatable bonds is 7.